The average molecular weight is 285 g/mol. The molecule has 0 radical (unpaired) electrons. The Morgan fingerprint density at radius 1 is 1.20 bits per heavy atom. The minimum atomic E-state index is -4.87. The summed E-state index contributed by atoms with van der Waals surface area (Å²) in [6, 6.07) is 2.47. The smallest absolute Gasteiger partial charge is 0.305 e. The Morgan fingerprint density at radius 3 is 2.55 bits per heavy atom. The van der Waals surface area contributed by atoms with Crippen LogP contribution in [-0.4, -0.2) is 15.9 Å². The lowest BCUT2D eigenvalue weighted by Crippen LogP contribution is -2.18. The van der Waals surface area contributed by atoms with Crippen LogP contribution in [0, 0.1) is 5.82 Å². The van der Waals surface area contributed by atoms with Crippen LogP contribution in [0.5, 0.6) is 0 Å². The van der Waals surface area contributed by atoms with Gasteiger partial charge in [0, 0.05) is 12.4 Å². The Hall–Kier alpha value is -2.51. The number of halogens is 4. The van der Waals surface area contributed by atoms with Crippen molar-refractivity contribution in [1.29, 1.82) is 0 Å². The van der Waals surface area contributed by atoms with Gasteiger partial charge in [0.2, 0.25) is 0 Å². The van der Waals surface area contributed by atoms with Crippen LogP contribution in [0.4, 0.5) is 23.4 Å². The molecule has 104 valence electrons. The summed E-state index contributed by atoms with van der Waals surface area (Å²) in [6.45, 7) is 0. The van der Waals surface area contributed by atoms with Crippen molar-refractivity contribution >= 4 is 11.7 Å². The zero-order chi connectivity index (χ0) is 14.8. The van der Waals surface area contributed by atoms with Gasteiger partial charge in [-0.05, 0) is 12.1 Å². The molecule has 0 unspecified atom stereocenters. The van der Waals surface area contributed by atoms with Crippen molar-refractivity contribution in [1.82, 2.24) is 9.97 Å². The van der Waals surface area contributed by atoms with E-state index in [0.717, 1.165) is 12.1 Å². The predicted octanol–water partition coefficient (Wildman–Crippen LogP) is 2.89. The van der Waals surface area contributed by atoms with Gasteiger partial charge in [-0.25, -0.2) is 9.37 Å². The number of amides is 1. The third-order valence-electron chi connectivity index (χ3n) is 2.35. The fourth-order valence-corrected chi connectivity index (χ4v) is 1.47. The molecule has 2 rings (SSSR count). The highest BCUT2D eigenvalue weighted by molar-refractivity contribution is 6.04. The third kappa shape index (κ3) is 2.90. The number of hydrogen-bond acceptors (Lipinski definition) is 3. The minimum absolute atomic E-state index is 0.00862. The molecule has 0 aliphatic carbocycles. The van der Waals surface area contributed by atoms with Crippen LogP contribution < -0.4 is 5.32 Å². The number of rotatable bonds is 2. The summed E-state index contributed by atoms with van der Waals surface area (Å²) in [4.78, 5) is 19.1. The van der Waals surface area contributed by atoms with Crippen LogP contribution >= 0.6 is 0 Å². The third-order valence-corrected chi connectivity index (χ3v) is 2.35. The highest BCUT2D eigenvalue weighted by Crippen LogP contribution is 2.32. The topological polar surface area (TPSA) is 54.9 Å². The fraction of sp³-hybridized carbons (Fsp3) is 0.0833. The fourth-order valence-electron chi connectivity index (χ4n) is 1.47. The molecule has 0 fully saturated rings. The molecule has 0 saturated carbocycles. The second kappa shape index (κ2) is 5.24. The first-order chi connectivity index (χ1) is 9.39. The molecule has 0 spiro atoms. The van der Waals surface area contributed by atoms with Gasteiger partial charge in [0.25, 0.3) is 5.91 Å². The van der Waals surface area contributed by atoms with Crippen LogP contribution in [0.3, 0.4) is 0 Å². The van der Waals surface area contributed by atoms with E-state index >= 15 is 0 Å². The summed E-state index contributed by atoms with van der Waals surface area (Å²) < 4.78 is 51.3. The van der Waals surface area contributed by atoms with Gasteiger partial charge >= 0.3 is 6.18 Å². The maximum absolute atomic E-state index is 13.7. The minimum Gasteiger partial charge on any atom is -0.305 e. The predicted molar refractivity (Wildman–Crippen MR) is 61.4 cm³/mol. The van der Waals surface area contributed by atoms with Crippen molar-refractivity contribution in [3.8, 4) is 0 Å². The van der Waals surface area contributed by atoms with Gasteiger partial charge in [0.1, 0.15) is 5.82 Å². The number of hydrogen-bond donors (Lipinski definition) is 1. The normalized spacial score (nSPS) is 11.2. The molecular weight excluding hydrogens is 278 g/mol. The second-order valence-electron chi connectivity index (χ2n) is 3.71. The van der Waals surface area contributed by atoms with E-state index in [0.29, 0.717) is 6.07 Å². The van der Waals surface area contributed by atoms with E-state index in [-0.39, 0.29) is 5.82 Å². The first-order valence-electron chi connectivity index (χ1n) is 5.32. The van der Waals surface area contributed by atoms with Crippen LogP contribution in [0.15, 0.2) is 36.8 Å². The van der Waals surface area contributed by atoms with E-state index in [1.807, 2.05) is 0 Å². The molecule has 0 saturated heterocycles. The summed E-state index contributed by atoms with van der Waals surface area (Å²) in [5.74, 6) is -2.65. The lowest BCUT2D eigenvalue weighted by molar-refractivity contribution is -0.140. The van der Waals surface area contributed by atoms with Crippen molar-refractivity contribution in [2.45, 2.75) is 6.18 Å². The Morgan fingerprint density at radius 2 is 1.95 bits per heavy atom. The molecule has 8 heteroatoms. The standard InChI is InChI=1S/C12H7F4N3O/c13-10-7(2-1-3-8(10)12(14,15)16)11(20)19-9-6-17-4-5-18-9/h1-6H,(H,18,19,20). The van der Waals surface area contributed by atoms with E-state index in [4.69, 9.17) is 0 Å². The van der Waals surface area contributed by atoms with E-state index in [1.165, 1.54) is 18.6 Å². The molecular formula is C12H7F4N3O. The summed E-state index contributed by atoms with van der Waals surface area (Å²) in [7, 11) is 0. The molecule has 1 aromatic heterocycles. The molecule has 0 aliphatic rings. The molecule has 4 nitrogen and oxygen atoms in total. The lowest BCUT2D eigenvalue weighted by Gasteiger charge is -2.10. The summed E-state index contributed by atoms with van der Waals surface area (Å²) in [5, 5.41) is 2.16. The monoisotopic (exact) mass is 285 g/mol. The number of aromatic nitrogens is 2. The van der Waals surface area contributed by atoms with Gasteiger partial charge in [0.05, 0.1) is 17.3 Å². The number of alkyl halides is 3. The maximum atomic E-state index is 13.7. The number of anilines is 1. The van der Waals surface area contributed by atoms with Gasteiger partial charge in [-0.15, -0.1) is 0 Å². The number of carbonyl (C=O) groups excluding carboxylic acids is 1. The molecule has 1 amide bonds. The number of benzene rings is 1. The average Bonchev–Trinajstić information content (AvgIpc) is 2.38. The van der Waals surface area contributed by atoms with E-state index < -0.39 is 29.0 Å². The molecule has 20 heavy (non-hydrogen) atoms. The first-order valence-corrected chi connectivity index (χ1v) is 5.32. The van der Waals surface area contributed by atoms with Gasteiger partial charge in [-0.3, -0.25) is 9.78 Å². The summed E-state index contributed by atoms with van der Waals surface area (Å²) in [6.07, 6.45) is -1.06. The zero-order valence-electron chi connectivity index (χ0n) is 9.78. The van der Waals surface area contributed by atoms with Crippen molar-refractivity contribution in [3.63, 3.8) is 0 Å². The Bertz CT molecular complexity index is 628. The van der Waals surface area contributed by atoms with Crippen molar-refractivity contribution in [2.24, 2.45) is 0 Å². The summed E-state index contributed by atoms with van der Waals surface area (Å²) >= 11 is 0. The molecule has 1 N–H and O–H groups in total. The van der Waals surface area contributed by atoms with Crippen molar-refractivity contribution in [3.05, 3.63) is 53.7 Å². The maximum Gasteiger partial charge on any atom is 0.419 e. The number of carbonyl (C=O) groups is 1. The number of nitrogens with zero attached hydrogens (tertiary/aromatic N) is 2. The van der Waals surface area contributed by atoms with Gasteiger partial charge < -0.3 is 5.32 Å². The first kappa shape index (κ1) is 13.9. The van der Waals surface area contributed by atoms with Crippen LogP contribution in [0.25, 0.3) is 0 Å². The lowest BCUT2D eigenvalue weighted by atomic mass is 10.1. The van der Waals surface area contributed by atoms with Gasteiger partial charge in [-0.2, -0.15) is 13.2 Å². The van der Waals surface area contributed by atoms with E-state index in [2.05, 4.69) is 15.3 Å². The highest BCUT2D eigenvalue weighted by atomic mass is 19.4. The van der Waals surface area contributed by atoms with Gasteiger partial charge in [0.15, 0.2) is 5.82 Å². The molecule has 0 atom stereocenters. The molecule has 2 aromatic rings. The van der Waals surface area contributed by atoms with E-state index in [1.54, 1.807) is 0 Å². The molecule has 0 bridgehead atoms. The zero-order valence-corrected chi connectivity index (χ0v) is 9.78. The molecule has 1 heterocycles. The van der Waals surface area contributed by atoms with Crippen LogP contribution in [0.2, 0.25) is 0 Å². The van der Waals surface area contributed by atoms with Gasteiger partial charge in [-0.1, -0.05) is 6.07 Å². The van der Waals surface area contributed by atoms with E-state index in [9.17, 15) is 22.4 Å². The molecule has 0 aliphatic heterocycles. The highest BCUT2D eigenvalue weighted by Gasteiger charge is 2.35. The van der Waals surface area contributed by atoms with Crippen molar-refractivity contribution in [2.75, 3.05) is 5.32 Å². The Labute approximate surface area is 110 Å². The summed E-state index contributed by atoms with van der Waals surface area (Å²) in [5.41, 5.74) is -2.21. The SMILES string of the molecule is O=C(Nc1cnccn1)c1cccc(C(F)(F)F)c1F. The number of nitrogens with one attached hydrogen (secondary N) is 1. The Kier molecular flexibility index (Phi) is 3.64. The quantitative estimate of drug-likeness (QED) is 0.863. The van der Waals surface area contributed by atoms with Crippen LogP contribution in [0.1, 0.15) is 15.9 Å². The Balaban J connectivity index is 2.32. The largest absolute Gasteiger partial charge is 0.419 e. The molecule has 1 aromatic carbocycles. The van der Waals surface area contributed by atoms with Crippen molar-refractivity contribution < 1.29 is 22.4 Å². The second-order valence-corrected chi connectivity index (χ2v) is 3.71. The van der Waals surface area contributed by atoms with Crippen LogP contribution in [-0.2, 0) is 6.18 Å².